The van der Waals surface area contributed by atoms with Crippen molar-refractivity contribution in [2.75, 3.05) is 18.5 Å². The van der Waals surface area contributed by atoms with E-state index in [9.17, 15) is 4.79 Å². The summed E-state index contributed by atoms with van der Waals surface area (Å²) in [6, 6.07) is 5.96. The molecule has 1 aromatic carbocycles. The van der Waals surface area contributed by atoms with E-state index in [1.54, 1.807) is 0 Å². The van der Waals surface area contributed by atoms with Crippen molar-refractivity contribution in [1.82, 2.24) is 5.32 Å². The molecule has 0 spiro atoms. The van der Waals surface area contributed by atoms with Crippen LogP contribution in [-0.4, -0.2) is 19.1 Å². The van der Waals surface area contributed by atoms with Crippen molar-refractivity contribution in [3.05, 3.63) is 23.8 Å². The molecule has 1 heterocycles. The van der Waals surface area contributed by atoms with Gasteiger partial charge in [-0.3, -0.25) is 4.79 Å². The van der Waals surface area contributed by atoms with E-state index in [1.807, 2.05) is 18.2 Å². The predicted octanol–water partition coefficient (Wildman–Crippen LogP) is 2.15. The van der Waals surface area contributed by atoms with Crippen molar-refractivity contribution in [2.45, 2.75) is 26.3 Å². The Morgan fingerprint density at radius 1 is 1.47 bits per heavy atom. The Kier molecular flexibility index (Phi) is 3.42. The summed E-state index contributed by atoms with van der Waals surface area (Å²) in [6.45, 7) is 4.32. The van der Waals surface area contributed by atoms with Crippen LogP contribution < -0.4 is 15.4 Å². The SMILES string of the molecule is CC(CNCc1ccc2c(c1)NC(=O)CO2)C1CC1. The Balaban J connectivity index is 1.56. The molecule has 1 aliphatic heterocycles. The van der Waals surface area contributed by atoms with Crippen molar-refractivity contribution >= 4 is 11.6 Å². The van der Waals surface area contributed by atoms with Crippen molar-refractivity contribution in [2.24, 2.45) is 11.8 Å². The van der Waals surface area contributed by atoms with Crippen LogP contribution in [0.3, 0.4) is 0 Å². The first-order valence-electron chi connectivity index (χ1n) is 6.98. The van der Waals surface area contributed by atoms with E-state index in [1.165, 1.54) is 18.4 Å². The normalized spacial score (nSPS) is 19.3. The number of hydrogen-bond acceptors (Lipinski definition) is 3. The highest BCUT2D eigenvalue weighted by Crippen LogP contribution is 2.36. The van der Waals surface area contributed by atoms with E-state index in [-0.39, 0.29) is 12.5 Å². The number of carbonyl (C=O) groups is 1. The molecule has 1 unspecified atom stereocenters. The molecule has 0 aromatic heterocycles. The highest BCUT2D eigenvalue weighted by atomic mass is 16.5. The first kappa shape index (κ1) is 12.5. The fraction of sp³-hybridized carbons (Fsp3) is 0.533. The number of fused-ring (bicyclic) bond motifs is 1. The van der Waals surface area contributed by atoms with Gasteiger partial charge in [-0.15, -0.1) is 0 Å². The Hall–Kier alpha value is -1.55. The monoisotopic (exact) mass is 260 g/mol. The Morgan fingerprint density at radius 3 is 3.11 bits per heavy atom. The van der Waals surface area contributed by atoms with Crippen LogP contribution in [0.25, 0.3) is 0 Å². The average Bonchev–Trinajstić information content (AvgIpc) is 3.22. The minimum Gasteiger partial charge on any atom is -0.482 e. The van der Waals surface area contributed by atoms with Gasteiger partial charge in [-0.1, -0.05) is 13.0 Å². The lowest BCUT2D eigenvalue weighted by Crippen LogP contribution is -2.26. The second kappa shape index (κ2) is 5.21. The zero-order chi connectivity index (χ0) is 13.2. The molecule has 4 heteroatoms. The quantitative estimate of drug-likeness (QED) is 0.853. The summed E-state index contributed by atoms with van der Waals surface area (Å²) in [6.07, 6.45) is 2.79. The predicted molar refractivity (Wildman–Crippen MR) is 74.2 cm³/mol. The van der Waals surface area contributed by atoms with Crippen LogP contribution in [0.1, 0.15) is 25.3 Å². The molecule has 1 saturated carbocycles. The highest BCUT2D eigenvalue weighted by Gasteiger charge is 2.27. The number of rotatable bonds is 5. The molecule has 2 N–H and O–H groups in total. The van der Waals surface area contributed by atoms with Crippen molar-refractivity contribution < 1.29 is 9.53 Å². The molecule has 0 radical (unpaired) electrons. The average molecular weight is 260 g/mol. The molecular weight excluding hydrogens is 240 g/mol. The molecule has 19 heavy (non-hydrogen) atoms. The van der Waals surface area contributed by atoms with Crippen LogP contribution in [0.2, 0.25) is 0 Å². The van der Waals surface area contributed by atoms with Crippen LogP contribution in [0.15, 0.2) is 18.2 Å². The summed E-state index contributed by atoms with van der Waals surface area (Å²) in [5.74, 6) is 2.37. The molecular formula is C15H20N2O2. The number of ether oxygens (including phenoxy) is 1. The molecule has 102 valence electrons. The Bertz CT molecular complexity index is 483. The fourth-order valence-electron chi connectivity index (χ4n) is 2.52. The number of nitrogens with one attached hydrogen (secondary N) is 2. The van der Waals surface area contributed by atoms with Gasteiger partial charge in [-0.25, -0.2) is 0 Å². The molecule has 1 amide bonds. The van der Waals surface area contributed by atoms with Gasteiger partial charge in [0.25, 0.3) is 5.91 Å². The zero-order valence-electron chi connectivity index (χ0n) is 11.2. The second-order valence-electron chi connectivity index (χ2n) is 5.61. The summed E-state index contributed by atoms with van der Waals surface area (Å²) < 4.78 is 5.34. The van der Waals surface area contributed by atoms with Gasteiger partial charge in [0.15, 0.2) is 6.61 Å². The van der Waals surface area contributed by atoms with Gasteiger partial charge in [-0.2, -0.15) is 0 Å². The maximum atomic E-state index is 11.3. The van der Waals surface area contributed by atoms with Crippen molar-refractivity contribution in [3.8, 4) is 5.75 Å². The third-order valence-electron chi connectivity index (χ3n) is 3.90. The molecule has 0 bridgehead atoms. The minimum absolute atomic E-state index is 0.0834. The van der Waals surface area contributed by atoms with Crippen LogP contribution in [-0.2, 0) is 11.3 Å². The van der Waals surface area contributed by atoms with E-state index in [2.05, 4.69) is 17.6 Å². The Labute approximate surface area is 113 Å². The number of amides is 1. The first-order valence-corrected chi connectivity index (χ1v) is 6.98. The highest BCUT2D eigenvalue weighted by molar-refractivity contribution is 5.95. The van der Waals surface area contributed by atoms with E-state index >= 15 is 0 Å². The lowest BCUT2D eigenvalue weighted by Gasteiger charge is -2.19. The topological polar surface area (TPSA) is 50.4 Å². The third-order valence-corrected chi connectivity index (χ3v) is 3.90. The van der Waals surface area contributed by atoms with E-state index < -0.39 is 0 Å². The summed E-state index contributed by atoms with van der Waals surface area (Å²) in [5.41, 5.74) is 1.96. The molecule has 1 aliphatic carbocycles. The van der Waals surface area contributed by atoms with Gasteiger partial charge >= 0.3 is 0 Å². The van der Waals surface area contributed by atoms with Gasteiger partial charge in [0.2, 0.25) is 0 Å². The van der Waals surface area contributed by atoms with Crippen molar-refractivity contribution in [3.63, 3.8) is 0 Å². The minimum atomic E-state index is -0.0834. The largest absolute Gasteiger partial charge is 0.482 e. The van der Waals surface area contributed by atoms with Crippen molar-refractivity contribution in [1.29, 1.82) is 0 Å². The standard InChI is InChI=1S/C15H20N2O2/c1-10(12-3-4-12)7-16-8-11-2-5-14-13(6-11)17-15(18)9-19-14/h2,5-6,10,12,16H,3-4,7-9H2,1H3,(H,17,18). The van der Waals surface area contributed by atoms with E-state index in [0.717, 1.165) is 36.4 Å². The molecule has 1 fully saturated rings. The van der Waals surface area contributed by atoms with E-state index in [4.69, 9.17) is 4.74 Å². The number of hydrogen-bond donors (Lipinski definition) is 2. The third kappa shape index (κ3) is 3.07. The zero-order valence-corrected chi connectivity index (χ0v) is 11.2. The summed E-state index contributed by atoms with van der Waals surface area (Å²) in [7, 11) is 0. The summed E-state index contributed by atoms with van der Waals surface area (Å²) in [5, 5.41) is 6.32. The molecule has 1 atom stereocenters. The number of benzene rings is 1. The molecule has 2 aliphatic rings. The lowest BCUT2D eigenvalue weighted by molar-refractivity contribution is -0.118. The lowest BCUT2D eigenvalue weighted by atomic mass is 10.1. The van der Waals surface area contributed by atoms with Gasteiger partial charge in [0, 0.05) is 6.54 Å². The molecule has 1 aromatic rings. The molecule has 0 saturated heterocycles. The smallest absolute Gasteiger partial charge is 0.262 e. The first-order chi connectivity index (χ1) is 9.22. The van der Waals surface area contributed by atoms with Gasteiger partial charge < -0.3 is 15.4 Å². The van der Waals surface area contributed by atoms with Crippen LogP contribution >= 0.6 is 0 Å². The second-order valence-corrected chi connectivity index (χ2v) is 5.61. The van der Waals surface area contributed by atoms with Crippen LogP contribution in [0.5, 0.6) is 5.75 Å². The number of anilines is 1. The van der Waals surface area contributed by atoms with Crippen LogP contribution in [0.4, 0.5) is 5.69 Å². The molecule has 4 nitrogen and oxygen atoms in total. The van der Waals surface area contributed by atoms with Gasteiger partial charge in [0.1, 0.15) is 5.75 Å². The maximum absolute atomic E-state index is 11.3. The summed E-state index contributed by atoms with van der Waals surface area (Å²) >= 11 is 0. The van der Waals surface area contributed by atoms with Gasteiger partial charge in [0.05, 0.1) is 5.69 Å². The maximum Gasteiger partial charge on any atom is 0.262 e. The summed E-state index contributed by atoms with van der Waals surface area (Å²) in [4.78, 5) is 11.3. The Morgan fingerprint density at radius 2 is 2.32 bits per heavy atom. The van der Waals surface area contributed by atoms with Gasteiger partial charge in [-0.05, 0) is 48.9 Å². The fourth-order valence-corrected chi connectivity index (χ4v) is 2.52. The van der Waals surface area contributed by atoms with E-state index in [0.29, 0.717) is 0 Å². The number of carbonyl (C=O) groups excluding carboxylic acids is 1. The molecule has 3 rings (SSSR count). The van der Waals surface area contributed by atoms with Crippen LogP contribution in [0, 0.1) is 11.8 Å².